The van der Waals surface area contributed by atoms with Gasteiger partial charge in [0.1, 0.15) is 10.6 Å². The largest absolute Gasteiger partial charge is 0.505 e. The zero-order chi connectivity index (χ0) is 19.8. The Bertz CT molecular complexity index is 961. The number of anilines is 1. The fourth-order valence-corrected chi connectivity index (χ4v) is 5.29. The fourth-order valence-electron chi connectivity index (χ4n) is 2.96. The summed E-state index contributed by atoms with van der Waals surface area (Å²) in [5.74, 6) is 0.162. The summed E-state index contributed by atoms with van der Waals surface area (Å²) >= 11 is 17.8. The number of nitrogens with zero attached hydrogens (tertiary/aromatic N) is 2. The minimum absolute atomic E-state index is 0.108. The molecule has 0 spiro atoms. The zero-order valence-electron chi connectivity index (χ0n) is 14.3. The van der Waals surface area contributed by atoms with Gasteiger partial charge in [0.05, 0.1) is 17.8 Å². The summed E-state index contributed by atoms with van der Waals surface area (Å²) in [6.45, 7) is 1.32. The molecule has 1 heterocycles. The molecule has 1 N–H and O–H groups in total. The normalized spacial score (nSPS) is 15.8. The summed E-state index contributed by atoms with van der Waals surface area (Å²) in [7, 11) is -2.37. The van der Waals surface area contributed by atoms with Gasteiger partial charge < -0.3 is 14.7 Å². The number of aromatic hydroxyl groups is 1. The van der Waals surface area contributed by atoms with Crippen molar-refractivity contribution in [2.24, 2.45) is 0 Å². The van der Waals surface area contributed by atoms with E-state index in [1.807, 2.05) is 4.90 Å². The molecule has 6 nitrogen and oxygen atoms in total. The smallest absolute Gasteiger partial charge is 0.246 e. The maximum absolute atomic E-state index is 12.9. The molecule has 0 saturated carbocycles. The number of halogens is 3. The molecular formula is C17H17Cl3N2O4S. The molecule has 1 fully saturated rings. The number of hydrogen-bond donors (Lipinski definition) is 1. The molecule has 2 aromatic carbocycles. The van der Waals surface area contributed by atoms with Crippen LogP contribution in [0.5, 0.6) is 11.5 Å². The molecule has 27 heavy (non-hydrogen) atoms. The van der Waals surface area contributed by atoms with Crippen LogP contribution in [-0.4, -0.2) is 51.1 Å². The second-order valence-electron chi connectivity index (χ2n) is 5.94. The average molecular weight is 452 g/mol. The third kappa shape index (κ3) is 4.07. The van der Waals surface area contributed by atoms with Crippen LogP contribution in [0, 0.1) is 0 Å². The van der Waals surface area contributed by atoms with Gasteiger partial charge >= 0.3 is 0 Å². The van der Waals surface area contributed by atoms with Crippen LogP contribution in [0.15, 0.2) is 35.2 Å². The standard InChI is InChI=1S/C17H17Cl3N2O4S/c1-26-15-3-2-11(18)9-14(15)21-4-6-22(7-5-21)27(24,25)16-10-12(19)8-13(20)17(16)23/h2-3,8-10,23H,4-7H2,1H3. The van der Waals surface area contributed by atoms with Crippen molar-refractivity contribution in [3.05, 3.63) is 45.4 Å². The average Bonchev–Trinajstić information content (AvgIpc) is 2.64. The van der Waals surface area contributed by atoms with Crippen LogP contribution in [-0.2, 0) is 10.0 Å². The molecular weight excluding hydrogens is 435 g/mol. The number of ether oxygens (including phenoxy) is 1. The first-order chi connectivity index (χ1) is 12.7. The predicted molar refractivity (Wildman–Crippen MR) is 107 cm³/mol. The van der Waals surface area contributed by atoms with E-state index in [0.29, 0.717) is 23.9 Å². The van der Waals surface area contributed by atoms with Gasteiger partial charge in [-0.15, -0.1) is 0 Å². The lowest BCUT2D eigenvalue weighted by molar-refractivity contribution is 0.375. The fraction of sp³-hybridized carbons (Fsp3) is 0.294. The van der Waals surface area contributed by atoms with E-state index in [4.69, 9.17) is 39.5 Å². The van der Waals surface area contributed by atoms with Crippen LogP contribution in [0.4, 0.5) is 5.69 Å². The number of sulfonamides is 1. The summed E-state index contributed by atoms with van der Waals surface area (Å²) in [5, 5.41) is 10.7. The molecule has 146 valence electrons. The minimum Gasteiger partial charge on any atom is -0.505 e. The first kappa shape index (κ1) is 20.4. The van der Waals surface area contributed by atoms with Gasteiger partial charge in [-0.05, 0) is 30.3 Å². The molecule has 0 aromatic heterocycles. The Labute approximate surface area is 172 Å². The SMILES string of the molecule is COc1ccc(Cl)cc1N1CCN(S(=O)(=O)c2cc(Cl)cc(Cl)c2O)CC1. The van der Waals surface area contributed by atoms with Crippen LogP contribution in [0.25, 0.3) is 0 Å². The number of benzene rings is 2. The van der Waals surface area contributed by atoms with E-state index in [1.54, 1.807) is 25.3 Å². The first-order valence-electron chi connectivity index (χ1n) is 8.00. The maximum Gasteiger partial charge on any atom is 0.246 e. The molecule has 10 heteroatoms. The summed E-state index contributed by atoms with van der Waals surface area (Å²) in [6.07, 6.45) is 0. The van der Waals surface area contributed by atoms with E-state index in [0.717, 1.165) is 5.69 Å². The van der Waals surface area contributed by atoms with Gasteiger partial charge in [0, 0.05) is 36.2 Å². The van der Waals surface area contributed by atoms with Gasteiger partial charge in [-0.1, -0.05) is 34.8 Å². The van der Waals surface area contributed by atoms with E-state index in [9.17, 15) is 13.5 Å². The van der Waals surface area contributed by atoms with Crippen LogP contribution in [0.2, 0.25) is 15.1 Å². The lowest BCUT2D eigenvalue weighted by Gasteiger charge is -2.36. The second-order valence-corrected chi connectivity index (χ2v) is 9.13. The summed E-state index contributed by atoms with van der Waals surface area (Å²) in [4.78, 5) is 1.70. The van der Waals surface area contributed by atoms with E-state index in [2.05, 4.69) is 0 Å². The summed E-state index contributed by atoms with van der Waals surface area (Å²) in [5.41, 5.74) is 0.802. The molecule has 1 saturated heterocycles. The lowest BCUT2D eigenvalue weighted by atomic mass is 10.2. The highest BCUT2D eigenvalue weighted by atomic mass is 35.5. The van der Waals surface area contributed by atoms with Crippen LogP contribution >= 0.6 is 34.8 Å². The van der Waals surface area contributed by atoms with Crippen molar-refractivity contribution in [2.75, 3.05) is 38.2 Å². The Kier molecular flexibility index (Phi) is 5.98. The lowest BCUT2D eigenvalue weighted by Crippen LogP contribution is -2.48. The third-order valence-corrected chi connectivity index (χ3v) is 6.98. The van der Waals surface area contributed by atoms with Gasteiger partial charge in [0.15, 0.2) is 5.75 Å². The van der Waals surface area contributed by atoms with Crippen molar-refractivity contribution in [3.8, 4) is 11.5 Å². The summed E-state index contributed by atoms with van der Waals surface area (Å²) < 4.78 is 32.5. The number of phenolic OH excluding ortho intramolecular Hbond substituents is 1. The van der Waals surface area contributed by atoms with Crippen molar-refractivity contribution >= 4 is 50.5 Å². The van der Waals surface area contributed by atoms with Crippen molar-refractivity contribution < 1.29 is 18.3 Å². The van der Waals surface area contributed by atoms with E-state index < -0.39 is 15.8 Å². The monoisotopic (exact) mass is 450 g/mol. The number of methoxy groups -OCH3 is 1. The van der Waals surface area contributed by atoms with Gasteiger partial charge in [-0.2, -0.15) is 4.31 Å². The van der Waals surface area contributed by atoms with Gasteiger partial charge in [0.25, 0.3) is 0 Å². The number of phenols is 1. The molecule has 0 radical (unpaired) electrons. The number of rotatable bonds is 4. The highest BCUT2D eigenvalue weighted by Gasteiger charge is 2.32. The molecule has 0 aliphatic carbocycles. The Hall–Kier alpha value is -1.38. The van der Waals surface area contributed by atoms with Gasteiger partial charge in [-0.3, -0.25) is 0 Å². The third-order valence-electron chi connectivity index (χ3n) is 4.33. The van der Waals surface area contributed by atoms with E-state index >= 15 is 0 Å². The molecule has 0 bridgehead atoms. The van der Waals surface area contributed by atoms with Crippen LogP contribution in [0.1, 0.15) is 0 Å². The Morgan fingerprint density at radius 1 is 1.00 bits per heavy atom. The van der Waals surface area contributed by atoms with Crippen LogP contribution < -0.4 is 9.64 Å². The molecule has 1 aliphatic heterocycles. The van der Waals surface area contributed by atoms with Crippen LogP contribution in [0.3, 0.4) is 0 Å². The topological polar surface area (TPSA) is 70.1 Å². The molecule has 0 atom stereocenters. The maximum atomic E-state index is 12.9. The Balaban J connectivity index is 1.83. The van der Waals surface area contributed by atoms with Crippen molar-refractivity contribution in [3.63, 3.8) is 0 Å². The van der Waals surface area contributed by atoms with E-state index in [-0.39, 0.29) is 28.0 Å². The highest BCUT2D eigenvalue weighted by molar-refractivity contribution is 7.89. The Morgan fingerprint density at radius 2 is 1.67 bits per heavy atom. The molecule has 0 amide bonds. The molecule has 3 rings (SSSR count). The Morgan fingerprint density at radius 3 is 2.30 bits per heavy atom. The molecule has 2 aromatic rings. The molecule has 0 unspecified atom stereocenters. The molecule has 1 aliphatic rings. The predicted octanol–water partition coefficient (Wildman–Crippen LogP) is 3.87. The van der Waals surface area contributed by atoms with Gasteiger partial charge in [-0.25, -0.2) is 8.42 Å². The van der Waals surface area contributed by atoms with Crippen molar-refractivity contribution in [2.45, 2.75) is 4.90 Å². The van der Waals surface area contributed by atoms with Gasteiger partial charge in [0.2, 0.25) is 10.0 Å². The summed E-state index contributed by atoms with van der Waals surface area (Å²) in [6, 6.07) is 7.78. The quantitative estimate of drug-likeness (QED) is 0.764. The van der Waals surface area contributed by atoms with Crippen molar-refractivity contribution in [1.82, 2.24) is 4.31 Å². The highest BCUT2D eigenvalue weighted by Crippen LogP contribution is 2.37. The van der Waals surface area contributed by atoms with Crippen molar-refractivity contribution in [1.29, 1.82) is 0 Å². The number of hydrogen-bond acceptors (Lipinski definition) is 5. The number of piperazine rings is 1. The minimum atomic E-state index is -3.94. The van der Waals surface area contributed by atoms with E-state index in [1.165, 1.54) is 16.4 Å². The first-order valence-corrected chi connectivity index (χ1v) is 10.6. The second kappa shape index (κ2) is 7.93. The zero-order valence-corrected chi connectivity index (χ0v) is 17.4.